The molecule has 0 aromatic carbocycles. The highest BCUT2D eigenvalue weighted by atomic mass is 16.6. The van der Waals surface area contributed by atoms with Crippen molar-refractivity contribution in [3.05, 3.63) is 10.4 Å². The SMILES string of the molecule is CC(C)(C)OC(=O)NCCC[C@@H](N=[N+]=[N-])C(=O)O. The number of carbonyl (C=O) groups is 2. The van der Waals surface area contributed by atoms with Crippen LogP contribution >= 0.6 is 0 Å². The molecule has 0 heterocycles. The monoisotopic (exact) mass is 258 g/mol. The van der Waals surface area contributed by atoms with Crippen molar-refractivity contribution in [2.75, 3.05) is 6.54 Å². The standard InChI is InChI=1S/C10H18N4O4/c1-10(2,3)18-9(17)12-6-4-5-7(8(15)16)13-14-11/h7H,4-6H2,1-3H3,(H,12,17)(H,15,16)/t7-/m1/s1. The molecule has 0 radical (unpaired) electrons. The number of carboxylic acids is 1. The first-order chi connectivity index (χ1) is 8.26. The number of alkyl carbamates (subject to hydrolysis) is 1. The van der Waals surface area contributed by atoms with Gasteiger partial charge in [0.15, 0.2) is 0 Å². The summed E-state index contributed by atoms with van der Waals surface area (Å²) in [6.07, 6.45) is -0.0112. The van der Waals surface area contributed by atoms with Crippen molar-refractivity contribution in [3.8, 4) is 0 Å². The van der Waals surface area contributed by atoms with Crippen molar-refractivity contribution in [1.29, 1.82) is 0 Å². The molecule has 102 valence electrons. The molecule has 0 aliphatic rings. The Balaban J connectivity index is 3.88. The molecule has 0 saturated heterocycles. The maximum atomic E-state index is 11.2. The van der Waals surface area contributed by atoms with Crippen LogP contribution in [0.4, 0.5) is 4.79 Å². The second-order valence-electron chi connectivity index (χ2n) is 4.63. The van der Waals surface area contributed by atoms with Crippen LogP contribution in [0.2, 0.25) is 0 Å². The minimum atomic E-state index is -1.18. The lowest BCUT2D eigenvalue weighted by molar-refractivity contribution is -0.138. The van der Waals surface area contributed by atoms with Crippen molar-refractivity contribution in [2.45, 2.75) is 45.3 Å². The van der Waals surface area contributed by atoms with Crippen LogP contribution in [0.5, 0.6) is 0 Å². The third kappa shape index (κ3) is 8.23. The van der Waals surface area contributed by atoms with Crippen LogP contribution in [-0.4, -0.2) is 35.4 Å². The van der Waals surface area contributed by atoms with Crippen LogP contribution in [-0.2, 0) is 9.53 Å². The molecule has 1 atom stereocenters. The molecular formula is C10H18N4O4. The third-order valence-electron chi connectivity index (χ3n) is 1.80. The van der Waals surface area contributed by atoms with Crippen LogP contribution in [0.25, 0.3) is 10.4 Å². The van der Waals surface area contributed by atoms with Gasteiger partial charge in [0.25, 0.3) is 0 Å². The number of rotatable bonds is 6. The summed E-state index contributed by atoms with van der Waals surface area (Å²) in [6, 6.07) is -1.10. The van der Waals surface area contributed by atoms with Gasteiger partial charge >= 0.3 is 12.1 Å². The summed E-state index contributed by atoms with van der Waals surface area (Å²) in [5.41, 5.74) is 7.59. The predicted octanol–water partition coefficient (Wildman–Crippen LogP) is 2.05. The third-order valence-corrected chi connectivity index (χ3v) is 1.80. The lowest BCUT2D eigenvalue weighted by Crippen LogP contribution is -2.33. The first-order valence-corrected chi connectivity index (χ1v) is 5.50. The van der Waals surface area contributed by atoms with E-state index in [1.165, 1.54) is 0 Å². The summed E-state index contributed by atoms with van der Waals surface area (Å²) in [4.78, 5) is 24.3. The van der Waals surface area contributed by atoms with Gasteiger partial charge in [-0.2, -0.15) is 0 Å². The number of amides is 1. The molecule has 0 aliphatic carbocycles. The Morgan fingerprint density at radius 1 is 1.50 bits per heavy atom. The van der Waals surface area contributed by atoms with E-state index in [9.17, 15) is 9.59 Å². The Labute approximate surface area is 105 Å². The summed E-state index contributed by atoms with van der Waals surface area (Å²) in [7, 11) is 0. The highest BCUT2D eigenvalue weighted by Crippen LogP contribution is 2.07. The van der Waals surface area contributed by atoms with Crippen molar-refractivity contribution in [1.82, 2.24) is 5.32 Å². The zero-order valence-electron chi connectivity index (χ0n) is 10.7. The van der Waals surface area contributed by atoms with E-state index in [0.717, 1.165) is 0 Å². The Kier molecular flexibility index (Phi) is 6.59. The molecule has 0 fully saturated rings. The summed E-state index contributed by atoms with van der Waals surface area (Å²) in [5.74, 6) is -1.18. The molecule has 0 spiro atoms. The van der Waals surface area contributed by atoms with Gasteiger partial charge in [-0.25, -0.2) is 4.79 Å². The van der Waals surface area contributed by atoms with E-state index in [0.29, 0.717) is 6.42 Å². The van der Waals surface area contributed by atoms with Gasteiger partial charge in [0.1, 0.15) is 11.6 Å². The average Bonchev–Trinajstić information content (AvgIpc) is 2.19. The van der Waals surface area contributed by atoms with Crippen molar-refractivity contribution in [3.63, 3.8) is 0 Å². The fraction of sp³-hybridized carbons (Fsp3) is 0.800. The van der Waals surface area contributed by atoms with Crippen molar-refractivity contribution >= 4 is 12.1 Å². The number of carbonyl (C=O) groups excluding carboxylic acids is 1. The quantitative estimate of drug-likeness (QED) is 0.327. The predicted molar refractivity (Wildman–Crippen MR) is 64.0 cm³/mol. The highest BCUT2D eigenvalue weighted by Gasteiger charge is 2.17. The van der Waals surface area contributed by atoms with Gasteiger partial charge < -0.3 is 15.2 Å². The number of nitrogens with zero attached hydrogens (tertiary/aromatic N) is 3. The van der Waals surface area contributed by atoms with Crippen LogP contribution in [0.3, 0.4) is 0 Å². The second kappa shape index (κ2) is 7.39. The van der Waals surface area contributed by atoms with Gasteiger partial charge in [-0.1, -0.05) is 5.11 Å². The summed E-state index contributed by atoms with van der Waals surface area (Å²) >= 11 is 0. The van der Waals surface area contributed by atoms with Gasteiger partial charge in [-0.05, 0) is 39.1 Å². The number of hydrogen-bond acceptors (Lipinski definition) is 4. The van der Waals surface area contributed by atoms with E-state index in [-0.39, 0.29) is 13.0 Å². The minimum Gasteiger partial charge on any atom is -0.481 e. The molecular weight excluding hydrogens is 240 g/mol. The molecule has 0 bridgehead atoms. The van der Waals surface area contributed by atoms with Gasteiger partial charge in [-0.15, -0.1) is 0 Å². The van der Waals surface area contributed by atoms with Crippen molar-refractivity contribution < 1.29 is 19.4 Å². The fourth-order valence-electron chi connectivity index (χ4n) is 1.09. The minimum absolute atomic E-state index is 0.162. The molecule has 18 heavy (non-hydrogen) atoms. The fourth-order valence-corrected chi connectivity index (χ4v) is 1.09. The van der Waals surface area contributed by atoms with Crippen LogP contribution in [0.1, 0.15) is 33.6 Å². The summed E-state index contributed by atoms with van der Waals surface area (Å²) < 4.78 is 4.99. The Bertz CT molecular complexity index is 342. The molecule has 0 rings (SSSR count). The van der Waals surface area contributed by atoms with Gasteiger partial charge in [-0.3, -0.25) is 4.79 Å². The van der Waals surface area contributed by atoms with E-state index in [1.807, 2.05) is 0 Å². The number of hydrogen-bond donors (Lipinski definition) is 2. The first-order valence-electron chi connectivity index (χ1n) is 5.50. The number of carboxylic acid groups (broad SMARTS) is 1. The number of aliphatic carboxylic acids is 1. The first kappa shape index (κ1) is 16.1. The van der Waals surface area contributed by atoms with Crippen LogP contribution < -0.4 is 5.32 Å². The second-order valence-corrected chi connectivity index (χ2v) is 4.63. The zero-order chi connectivity index (χ0) is 14.2. The van der Waals surface area contributed by atoms with E-state index in [1.54, 1.807) is 20.8 Å². The van der Waals surface area contributed by atoms with E-state index in [4.69, 9.17) is 15.4 Å². The maximum absolute atomic E-state index is 11.2. The Morgan fingerprint density at radius 3 is 2.56 bits per heavy atom. The molecule has 1 amide bonds. The summed E-state index contributed by atoms with van der Waals surface area (Å²) in [5, 5.41) is 14.3. The Morgan fingerprint density at radius 2 is 2.11 bits per heavy atom. The van der Waals surface area contributed by atoms with E-state index < -0.39 is 23.7 Å². The lowest BCUT2D eigenvalue weighted by Gasteiger charge is -2.19. The Hall–Kier alpha value is -1.95. The van der Waals surface area contributed by atoms with Crippen molar-refractivity contribution in [2.24, 2.45) is 5.11 Å². The molecule has 2 N–H and O–H groups in total. The number of azide groups is 1. The number of nitrogens with one attached hydrogen (secondary N) is 1. The molecule has 0 aromatic rings. The normalized spacial score (nSPS) is 12.2. The zero-order valence-corrected chi connectivity index (χ0v) is 10.7. The maximum Gasteiger partial charge on any atom is 0.407 e. The van der Waals surface area contributed by atoms with Gasteiger partial charge in [0, 0.05) is 11.5 Å². The topological polar surface area (TPSA) is 124 Å². The molecule has 8 heteroatoms. The lowest BCUT2D eigenvalue weighted by atomic mass is 10.2. The molecule has 0 aromatic heterocycles. The smallest absolute Gasteiger partial charge is 0.407 e. The molecule has 0 aliphatic heterocycles. The van der Waals surface area contributed by atoms with E-state index >= 15 is 0 Å². The van der Waals surface area contributed by atoms with E-state index in [2.05, 4.69) is 15.3 Å². The number of ether oxygens (including phenoxy) is 1. The van der Waals surface area contributed by atoms with Crippen LogP contribution in [0.15, 0.2) is 5.11 Å². The molecule has 0 saturated carbocycles. The molecule has 0 unspecified atom stereocenters. The average molecular weight is 258 g/mol. The summed E-state index contributed by atoms with van der Waals surface area (Å²) in [6.45, 7) is 5.50. The van der Waals surface area contributed by atoms with Gasteiger partial charge in [0.05, 0.1) is 0 Å². The highest BCUT2D eigenvalue weighted by molar-refractivity contribution is 5.73. The molecule has 8 nitrogen and oxygen atoms in total. The largest absolute Gasteiger partial charge is 0.481 e. The van der Waals surface area contributed by atoms with Crippen LogP contribution in [0, 0.1) is 0 Å². The van der Waals surface area contributed by atoms with Gasteiger partial charge in [0.2, 0.25) is 0 Å².